The molecule has 5 heteroatoms. The molecular weight excluding hydrogens is 384 g/mol. The van der Waals surface area contributed by atoms with Gasteiger partial charge in [0.2, 0.25) is 0 Å². The van der Waals surface area contributed by atoms with Crippen molar-refractivity contribution in [2.45, 2.75) is 51.2 Å². The van der Waals surface area contributed by atoms with Gasteiger partial charge in [0.1, 0.15) is 10.7 Å². The summed E-state index contributed by atoms with van der Waals surface area (Å²) in [6.45, 7) is 1.03. The molecule has 2 aromatic rings. The summed E-state index contributed by atoms with van der Waals surface area (Å²) in [4.78, 5) is 29.6. The predicted octanol–water partition coefficient (Wildman–Crippen LogP) is 4.84. The maximum atomic E-state index is 13.4. The minimum atomic E-state index is -0.343. The first-order chi connectivity index (χ1) is 14.1. The number of hydrogen-bond acceptors (Lipinski definition) is 3. The van der Waals surface area contributed by atoms with Crippen LogP contribution in [0.25, 0.3) is 0 Å². The number of rotatable bonds is 6. The molecule has 0 unspecified atom stereocenters. The zero-order chi connectivity index (χ0) is 20.2. The second-order valence-electron chi connectivity index (χ2n) is 7.76. The molecule has 0 N–H and O–H groups in total. The monoisotopic (exact) mass is 408 g/mol. The second kappa shape index (κ2) is 8.83. The summed E-state index contributed by atoms with van der Waals surface area (Å²) in [6.07, 6.45) is 4.99. The Labute approximate surface area is 176 Å². The van der Waals surface area contributed by atoms with Gasteiger partial charge in [-0.2, -0.15) is 0 Å². The van der Waals surface area contributed by atoms with Crippen LogP contribution in [0.3, 0.4) is 0 Å². The molecular formula is C24H25ClN2O2. The molecule has 150 valence electrons. The van der Waals surface area contributed by atoms with Crippen molar-refractivity contribution >= 4 is 23.4 Å². The van der Waals surface area contributed by atoms with Crippen molar-refractivity contribution in [3.8, 4) is 0 Å². The average molecular weight is 409 g/mol. The van der Waals surface area contributed by atoms with Gasteiger partial charge in [-0.05, 0) is 24.0 Å². The van der Waals surface area contributed by atoms with Gasteiger partial charge in [-0.15, -0.1) is 0 Å². The molecule has 4 nitrogen and oxygen atoms in total. The Hall–Kier alpha value is -2.59. The third-order valence-electron chi connectivity index (χ3n) is 5.72. The highest BCUT2D eigenvalue weighted by Gasteiger charge is 2.43. The van der Waals surface area contributed by atoms with Crippen LogP contribution in [0.2, 0.25) is 0 Å². The van der Waals surface area contributed by atoms with Crippen LogP contribution in [0.15, 0.2) is 71.4 Å². The second-order valence-corrected chi connectivity index (χ2v) is 8.14. The maximum absolute atomic E-state index is 13.4. The number of imide groups is 1. The molecule has 1 aliphatic carbocycles. The zero-order valence-corrected chi connectivity index (χ0v) is 17.1. The fourth-order valence-corrected chi connectivity index (χ4v) is 4.57. The Morgan fingerprint density at radius 1 is 0.793 bits per heavy atom. The van der Waals surface area contributed by atoms with Crippen molar-refractivity contribution < 1.29 is 9.59 Å². The van der Waals surface area contributed by atoms with Crippen LogP contribution in [0.1, 0.15) is 43.2 Å². The molecule has 1 saturated carbocycles. The standard InChI is InChI=1S/C24H25ClN2O2/c25-21-22(24(29)27(23(21)28)20-14-8-3-9-15-20)26(16-18-10-4-1-5-11-18)17-19-12-6-2-7-13-19/h1-2,4-7,10-13,20H,3,8-9,14-17H2. The van der Waals surface area contributed by atoms with Crippen molar-refractivity contribution in [1.29, 1.82) is 0 Å². The Morgan fingerprint density at radius 3 is 1.83 bits per heavy atom. The van der Waals surface area contributed by atoms with Gasteiger partial charge < -0.3 is 4.90 Å². The van der Waals surface area contributed by atoms with E-state index in [2.05, 4.69) is 0 Å². The Morgan fingerprint density at radius 2 is 1.31 bits per heavy atom. The summed E-state index contributed by atoms with van der Waals surface area (Å²) in [6, 6.07) is 19.9. The van der Waals surface area contributed by atoms with Gasteiger partial charge in [-0.1, -0.05) is 91.5 Å². The van der Waals surface area contributed by atoms with Crippen molar-refractivity contribution in [1.82, 2.24) is 9.80 Å². The van der Waals surface area contributed by atoms with Crippen LogP contribution in [0, 0.1) is 0 Å². The molecule has 0 bridgehead atoms. The highest BCUT2D eigenvalue weighted by Crippen LogP contribution is 2.34. The molecule has 0 radical (unpaired) electrons. The van der Waals surface area contributed by atoms with Crippen LogP contribution in [0.5, 0.6) is 0 Å². The number of carbonyl (C=O) groups is 2. The maximum Gasteiger partial charge on any atom is 0.279 e. The Kier molecular flexibility index (Phi) is 6.00. The van der Waals surface area contributed by atoms with Crippen molar-refractivity contribution in [3.63, 3.8) is 0 Å². The first-order valence-corrected chi connectivity index (χ1v) is 10.6. The highest BCUT2D eigenvalue weighted by atomic mass is 35.5. The zero-order valence-electron chi connectivity index (χ0n) is 16.4. The molecule has 1 fully saturated rings. The third kappa shape index (κ3) is 4.23. The lowest BCUT2D eigenvalue weighted by molar-refractivity contribution is -0.141. The van der Waals surface area contributed by atoms with Crippen LogP contribution >= 0.6 is 11.6 Å². The van der Waals surface area contributed by atoms with E-state index in [0.717, 1.165) is 43.2 Å². The lowest BCUT2D eigenvalue weighted by Crippen LogP contribution is -2.43. The van der Waals surface area contributed by atoms with Gasteiger partial charge >= 0.3 is 0 Å². The third-order valence-corrected chi connectivity index (χ3v) is 6.07. The number of amides is 2. The summed E-state index contributed by atoms with van der Waals surface area (Å²) in [7, 11) is 0. The van der Waals surface area contributed by atoms with E-state index in [4.69, 9.17) is 11.6 Å². The van der Waals surface area contributed by atoms with E-state index in [1.807, 2.05) is 65.6 Å². The van der Waals surface area contributed by atoms with Crippen LogP contribution < -0.4 is 0 Å². The molecule has 0 aromatic heterocycles. The summed E-state index contributed by atoms with van der Waals surface area (Å²) in [5, 5.41) is 0.0486. The van der Waals surface area contributed by atoms with Gasteiger partial charge in [0, 0.05) is 19.1 Å². The van der Waals surface area contributed by atoms with Crippen molar-refractivity contribution in [2.24, 2.45) is 0 Å². The van der Waals surface area contributed by atoms with Gasteiger partial charge in [-0.25, -0.2) is 0 Å². The SMILES string of the molecule is O=C1C(Cl)=C(N(Cc2ccccc2)Cc2ccccc2)C(=O)N1C1CCCCC1. The minimum absolute atomic E-state index is 0.0368. The minimum Gasteiger partial charge on any atom is -0.357 e. The van der Waals surface area contributed by atoms with Gasteiger partial charge in [0.05, 0.1) is 0 Å². The van der Waals surface area contributed by atoms with E-state index < -0.39 is 0 Å². The molecule has 4 rings (SSSR count). The van der Waals surface area contributed by atoms with E-state index in [0.29, 0.717) is 18.8 Å². The van der Waals surface area contributed by atoms with E-state index in [1.54, 1.807) is 0 Å². The molecule has 1 heterocycles. The number of benzene rings is 2. The van der Waals surface area contributed by atoms with E-state index >= 15 is 0 Å². The van der Waals surface area contributed by atoms with Crippen molar-refractivity contribution in [2.75, 3.05) is 0 Å². The van der Waals surface area contributed by atoms with Crippen LogP contribution in [0.4, 0.5) is 0 Å². The molecule has 2 amide bonds. The number of carbonyl (C=O) groups excluding carboxylic acids is 2. The fourth-order valence-electron chi connectivity index (χ4n) is 4.27. The summed E-state index contributed by atoms with van der Waals surface area (Å²) < 4.78 is 0. The van der Waals surface area contributed by atoms with Crippen LogP contribution in [-0.4, -0.2) is 27.7 Å². The number of hydrogen-bond donors (Lipinski definition) is 0. The summed E-state index contributed by atoms with van der Waals surface area (Å²) in [5.74, 6) is -0.594. The first kappa shape index (κ1) is 19.7. The lowest BCUT2D eigenvalue weighted by atomic mass is 9.94. The molecule has 29 heavy (non-hydrogen) atoms. The largest absolute Gasteiger partial charge is 0.357 e. The summed E-state index contributed by atoms with van der Waals surface area (Å²) in [5.41, 5.74) is 2.46. The number of nitrogens with zero attached hydrogens (tertiary/aromatic N) is 2. The fraction of sp³-hybridized carbons (Fsp3) is 0.333. The molecule has 2 aliphatic rings. The predicted molar refractivity (Wildman–Crippen MR) is 114 cm³/mol. The van der Waals surface area contributed by atoms with Gasteiger partial charge in [-0.3, -0.25) is 14.5 Å². The van der Waals surface area contributed by atoms with E-state index in [-0.39, 0.29) is 22.9 Å². The molecule has 0 spiro atoms. The number of halogens is 1. The van der Waals surface area contributed by atoms with Crippen LogP contribution in [-0.2, 0) is 22.7 Å². The lowest BCUT2D eigenvalue weighted by Gasteiger charge is -2.31. The Bertz CT molecular complexity index is 863. The highest BCUT2D eigenvalue weighted by molar-refractivity contribution is 6.47. The van der Waals surface area contributed by atoms with Crippen molar-refractivity contribution in [3.05, 3.63) is 82.5 Å². The summed E-state index contributed by atoms with van der Waals surface area (Å²) >= 11 is 6.49. The smallest absolute Gasteiger partial charge is 0.279 e. The Balaban J connectivity index is 1.65. The van der Waals surface area contributed by atoms with E-state index in [9.17, 15) is 9.59 Å². The van der Waals surface area contributed by atoms with E-state index in [1.165, 1.54) is 4.90 Å². The molecule has 0 saturated heterocycles. The van der Waals surface area contributed by atoms with Gasteiger partial charge in [0.25, 0.3) is 11.8 Å². The molecule has 0 atom stereocenters. The topological polar surface area (TPSA) is 40.6 Å². The molecule has 2 aromatic carbocycles. The average Bonchev–Trinajstić information content (AvgIpc) is 2.98. The molecule has 1 aliphatic heterocycles. The van der Waals surface area contributed by atoms with Gasteiger partial charge in [0.15, 0.2) is 0 Å². The normalized spacial score (nSPS) is 17.9. The quantitative estimate of drug-likeness (QED) is 0.642. The first-order valence-electron chi connectivity index (χ1n) is 10.3.